The highest BCUT2D eigenvalue weighted by molar-refractivity contribution is 6.30. The standard InChI is InChI=1S/C13H8ClFO2/c14-11-3-1-2-8(5-11)9-4-10(13(16)17)7-12(15)6-9/h1-7H,(H,16,17)/p-1. The van der Waals surface area contributed by atoms with E-state index in [9.17, 15) is 14.3 Å². The molecule has 0 atom stereocenters. The van der Waals surface area contributed by atoms with Gasteiger partial charge >= 0.3 is 0 Å². The monoisotopic (exact) mass is 249 g/mol. The number of carbonyl (C=O) groups excluding carboxylic acids is 1. The molecule has 0 aromatic heterocycles. The fraction of sp³-hybridized carbons (Fsp3) is 0. The van der Waals surface area contributed by atoms with Crippen molar-refractivity contribution in [1.82, 2.24) is 0 Å². The summed E-state index contributed by atoms with van der Waals surface area (Å²) in [4.78, 5) is 10.7. The molecule has 0 unspecified atom stereocenters. The normalized spacial score (nSPS) is 10.2. The van der Waals surface area contributed by atoms with Gasteiger partial charge in [-0.3, -0.25) is 0 Å². The Hall–Kier alpha value is -1.87. The van der Waals surface area contributed by atoms with Gasteiger partial charge in [0.2, 0.25) is 0 Å². The zero-order valence-electron chi connectivity index (χ0n) is 8.61. The predicted molar refractivity (Wildman–Crippen MR) is 61.2 cm³/mol. The Bertz CT molecular complexity index is 581. The molecular formula is C13H7ClFO2-. The van der Waals surface area contributed by atoms with Crippen LogP contribution in [0.15, 0.2) is 42.5 Å². The van der Waals surface area contributed by atoms with E-state index in [0.29, 0.717) is 16.1 Å². The van der Waals surface area contributed by atoms with Crippen molar-refractivity contribution in [3.63, 3.8) is 0 Å². The highest BCUT2D eigenvalue weighted by Gasteiger charge is 2.04. The lowest BCUT2D eigenvalue weighted by atomic mass is 10.0. The van der Waals surface area contributed by atoms with Gasteiger partial charge in [0, 0.05) is 10.6 Å². The molecule has 2 rings (SSSR count). The van der Waals surface area contributed by atoms with Crippen molar-refractivity contribution < 1.29 is 14.3 Å². The van der Waals surface area contributed by atoms with E-state index in [1.54, 1.807) is 24.3 Å². The SMILES string of the molecule is O=C([O-])c1cc(F)cc(-c2cccc(Cl)c2)c1. The van der Waals surface area contributed by atoms with Crippen LogP contribution in [0.1, 0.15) is 10.4 Å². The molecule has 0 saturated carbocycles. The lowest BCUT2D eigenvalue weighted by Gasteiger charge is -2.07. The molecule has 0 spiro atoms. The van der Waals surface area contributed by atoms with Crippen molar-refractivity contribution >= 4 is 17.6 Å². The molecule has 0 aliphatic heterocycles. The first kappa shape index (κ1) is 11.6. The van der Waals surface area contributed by atoms with Crippen molar-refractivity contribution in [1.29, 1.82) is 0 Å². The van der Waals surface area contributed by atoms with Gasteiger partial charge in [0.25, 0.3) is 0 Å². The first-order chi connectivity index (χ1) is 8.06. The van der Waals surface area contributed by atoms with Gasteiger partial charge in [0.15, 0.2) is 0 Å². The number of carboxylic acid groups (broad SMARTS) is 1. The number of rotatable bonds is 2. The van der Waals surface area contributed by atoms with Crippen LogP contribution in [0.25, 0.3) is 11.1 Å². The summed E-state index contributed by atoms with van der Waals surface area (Å²) in [6, 6.07) is 10.3. The van der Waals surface area contributed by atoms with E-state index in [4.69, 9.17) is 11.6 Å². The molecule has 2 nitrogen and oxygen atoms in total. The zero-order valence-corrected chi connectivity index (χ0v) is 9.37. The second-order valence-electron chi connectivity index (χ2n) is 3.53. The van der Waals surface area contributed by atoms with Crippen molar-refractivity contribution in [3.8, 4) is 11.1 Å². The summed E-state index contributed by atoms with van der Waals surface area (Å²) in [5.74, 6) is -2.03. The van der Waals surface area contributed by atoms with E-state index in [0.717, 1.165) is 6.07 Å². The van der Waals surface area contributed by atoms with Crippen molar-refractivity contribution in [3.05, 3.63) is 58.9 Å². The van der Waals surface area contributed by atoms with Crippen LogP contribution < -0.4 is 5.11 Å². The Kier molecular flexibility index (Phi) is 3.11. The summed E-state index contributed by atoms with van der Waals surface area (Å²) in [6.45, 7) is 0. The average Bonchev–Trinajstić information content (AvgIpc) is 2.28. The van der Waals surface area contributed by atoms with Crippen LogP contribution in [0.2, 0.25) is 5.02 Å². The number of carboxylic acids is 1. The molecule has 2 aromatic rings. The van der Waals surface area contributed by atoms with E-state index < -0.39 is 11.8 Å². The summed E-state index contributed by atoms with van der Waals surface area (Å²) in [7, 11) is 0. The summed E-state index contributed by atoms with van der Waals surface area (Å²) in [6.07, 6.45) is 0. The molecule has 0 N–H and O–H groups in total. The summed E-state index contributed by atoms with van der Waals surface area (Å²) in [5, 5.41) is 11.2. The van der Waals surface area contributed by atoms with Crippen LogP contribution in [0.3, 0.4) is 0 Å². The van der Waals surface area contributed by atoms with E-state index in [1.165, 1.54) is 12.1 Å². The number of aromatic carboxylic acids is 1. The van der Waals surface area contributed by atoms with Gasteiger partial charge in [-0.05, 0) is 41.5 Å². The van der Waals surface area contributed by atoms with Gasteiger partial charge < -0.3 is 9.90 Å². The fourth-order valence-corrected chi connectivity index (χ4v) is 1.73. The highest BCUT2D eigenvalue weighted by atomic mass is 35.5. The highest BCUT2D eigenvalue weighted by Crippen LogP contribution is 2.24. The Morgan fingerprint density at radius 3 is 2.53 bits per heavy atom. The largest absolute Gasteiger partial charge is 0.545 e. The van der Waals surface area contributed by atoms with Gasteiger partial charge in [-0.2, -0.15) is 0 Å². The van der Waals surface area contributed by atoms with Crippen molar-refractivity contribution in [2.24, 2.45) is 0 Å². The minimum absolute atomic E-state index is 0.194. The lowest BCUT2D eigenvalue weighted by molar-refractivity contribution is -0.255. The minimum atomic E-state index is -1.41. The summed E-state index contributed by atoms with van der Waals surface area (Å²) >= 11 is 5.81. The lowest BCUT2D eigenvalue weighted by Crippen LogP contribution is -2.22. The second kappa shape index (κ2) is 4.55. The number of hydrogen-bond donors (Lipinski definition) is 0. The molecule has 4 heteroatoms. The molecule has 0 heterocycles. The third-order valence-electron chi connectivity index (χ3n) is 2.29. The number of benzene rings is 2. The topological polar surface area (TPSA) is 40.1 Å². The molecule has 0 bridgehead atoms. The van der Waals surface area contributed by atoms with Crippen LogP contribution in [-0.2, 0) is 0 Å². The van der Waals surface area contributed by atoms with Crippen LogP contribution >= 0.6 is 11.6 Å². The first-order valence-electron chi connectivity index (χ1n) is 4.84. The Labute approximate surface area is 102 Å². The van der Waals surface area contributed by atoms with Crippen LogP contribution in [0.5, 0.6) is 0 Å². The molecule has 0 aliphatic carbocycles. The maximum absolute atomic E-state index is 13.3. The molecule has 2 aromatic carbocycles. The summed E-state index contributed by atoms with van der Waals surface area (Å²) < 4.78 is 13.3. The van der Waals surface area contributed by atoms with Gasteiger partial charge in [-0.1, -0.05) is 23.7 Å². The Balaban J connectivity index is 2.56. The Morgan fingerprint density at radius 1 is 1.12 bits per heavy atom. The van der Waals surface area contributed by atoms with Gasteiger partial charge in [0.1, 0.15) is 5.82 Å². The second-order valence-corrected chi connectivity index (χ2v) is 3.96. The Morgan fingerprint density at radius 2 is 1.88 bits per heavy atom. The van der Waals surface area contributed by atoms with Gasteiger partial charge in [-0.25, -0.2) is 4.39 Å². The number of hydrogen-bond acceptors (Lipinski definition) is 2. The molecule has 17 heavy (non-hydrogen) atoms. The molecule has 0 amide bonds. The fourth-order valence-electron chi connectivity index (χ4n) is 1.54. The van der Waals surface area contributed by atoms with Crippen LogP contribution in [-0.4, -0.2) is 5.97 Å². The maximum Gasteiger partial charge on any atom is 0.124 e. The van der Waals surface area contributed by atoms with Crippen LogP contribution in [0, 0.1) is 5.82 Å². The molecule has 0 saturated heterocycles. The first-order valence-corrected chi connectivity index (χ1v) is 5.22. The van der Waals surface area contributed by atoms with Crippen molar-refractivity contribution in [2.75, 3.05) is 0 Å². The smallest absolute Gasteiger partial charge is 0.124 e. The third-order valence-corrected chi connectivity index (χ3v) is 2.53. The van der Waals surface area contributed by atoms with Gasteiger partial charge in [0.05, 0.1) is 5.97 Å². The number of carbonyl (C=O) groups is 1. The van der Waals surface area contributed by atoms with Crippen molar-refractivity contribution in [2.45, 2.75) is 0 Å². The van der Waals surface area contributed by atoms with Crippen LogP contribution in [0.4, 0.5) is 4.39 Å². The molecule has 0 radical (unpaired) electrons. The molecule has 86 valence electrons. The van der Waals surface area contributed by atoms with Gasteiger partial charge in [-0.15, -0.1) is 0 Å². The summed E-state index contributed by atoms with van der Waals surface area (Å²) in [5.41, 5.74) is 0.908. The zero-order chi connectivity index (χ0) is 12.4. The molecular weight excluding hydrogens is 243 g/mol. The minimum Gasteiger partial charge on any atom is -0.545 e. The van der Waals surface area contributed by atoms with E-state index in [2.05, 4.69) is 0 Å². The molecule has 0 aliphatic rings. The number of halogens is 2. The van der Waals surface area contributed by atoms with E-state index >= 15 is 0 Å². The quantitative estimate of drug-likeness (QED) is 0.820. The average molecular weight is 250 g/mol. The third kappa shape index (κ3) is 2.63. The van der Waals surface area contributed by atoms with E-state index in [1.807, 2.05) is 0 Å². The maximum atomic E-state index is 13.3. The predicted octanol–water partition coefficient (Wildman–Crippen LogP) is 2.51. The van der Waals surface area contributed by atoms with E-state index in [-0.39, 0.29) is 5.56 Å². The molecule has 0 fully saturated rings.